The molecule has 0 heterocycles. The lowest BCUT2D eigenvalue weighted by molar-refractivity contribution is -0.147. The molecule has 164 valence electrons. The number of esters is 1. The zero-order chi connectivity index (χ0) is 21.6. The van der Waals surface area contributed by atoms with E-state index in [0.29, 0.717) is 31.3 Å². The third-order valence-electron chi connectivity index (χ3n) is 4.19. The van der Waals surface area contributed by atoms with Gasteiger partial charge in [0.1, 0.15) is 12.1 Å². The van der Waals surface area contributed by atoms with Crippen LogP contribution >= 0.6 is 35.0 Å². The van der Waals surface area contributed by atoms with E-state index in [2.05, 4.69) is 15.5 Å². The fourth-order valence-corrected chi connectivity index (χ4v) is 3.59. The van der Waals surface area contributed by atoms with Crippen LogP contribution in [0.2, 0.25) is 0 Å². The van der Waals surface area contributed by atoms with Gasteiger partial charge in [-0.15, -0.1) is 23.2 Å². The van der Waals surface area contributed by atoms with Crippen LogP contribution in [0, 0.1) is 0 Å². The molecule has 0 spiro atoms. The van der Waals surface area contributed by atoms with Crippen LogP contribution in [0.5, 0.6) is 0 Å². The highest BCUT2D eigenvalue weighted by molar-refractivity contribution is 7.98. The number of hydrogen-bond donors (Lipinski definition) is 2. The Kier molecular flexibility index (Phi) is 13.0. The first-order chi connectivity index (χ1) is 14.0. The van der Waals surface area contributed by atoms with Crippen LogP contribution in [0.25, 0.3) is 0 Å². The summed E-state index contributed by atoms with van der Waals surface area (Å²) in [6.45, 7) is 5.16. The minimum Gasteiger partial charge on any atom is -0.464 e. The molecule has 0 aromatic heterocycles. The maximum Gasteiger partial charge on any atom is 0.328 e. The number of nitrogens with zero attached hydrogens (tertiary/aromatic N) is 1. The molecule has 9 heteroatoms. The molecule has 0 bridgehead atoms. The van der Waals surface area contributed by atoms with Crippen molar-refractivity contribution in [1.29, 1.82) is 0 Å². The highest BCUT2D eigenvalue weighted by Crippen LogP contribution is 2.20. The molecule has 1 aromatic carbocycles. The smallest absolute Gasteiger partial charge is 0.328 e. The van der Waals surface area contributed by atoms with Gasteiger partial charge in [-0.2, -0.15) is 11.8 Å². The summed E-state index contributed by atoms with van der Waals surface area (Å²) in [5.41, 5.74) is 1.78. The number of anilines is 2. The lowest BCUT2D eigenvalue weighted by atomic mass is 10.2. The molecule has 0 saturated heterocycles. The summed E-state index contributed by atoms with van der Waals surface area (Å²) >= 11 is 13.4. The summed E-state index contributed by atoms with van der Waals surface area (Å²) in [7, 11) is 0. The summed E-state index contributed by atoms with van der Waals surface area (Å²) < 4.78 is 5.08. The number of ether oxygens (including phenoxy) is 1. The van der Waals surface area contributed by atoms with E-state index >= 15 is 0 Å². The Balaban J connectivity index is 2.77. The van der Waals surface area contributed by atoms with E-state index in [9.17, 15) is 9.59 Å². The zero-order valence-electron chi connectivity index (χ0n) is 17.2. The van der Waals surface area contributed by atoms with E-state index in [0.717, 1.165) is 17.1 Å². The number of thioether (sulfide) groups is 1. The Labute approximate surface area is 188 Å². The highest BCUT2D eigenvalue weighted by Gasteiger charge is 2.24. The van der Waals surface area contributed by atoms with Crippen molar-refractivity contribution in [2.75, 3.05) is 53.7 Å². The number of benzene rings is 1. The Hall–Kier alpha value is -1.31. The normalized spacial score (nSPS) is 12.7. The maximum atomic E-state index is 12.6. The third kappa shape index (κ3) is 9.36. The number of amides is 1. The van der Waals surface area contributed by atoms with Crippen LogP contribution in [-0.4, -0.2) is 67.4 Å². The second-order valence-corrected chi connectivity index (χ2v) is 8.12. The third-order valence-corrected chi connectivity index (χ3v) is 5.18. The van der Waals surface area contributed by atoms with Crippen molar-refractivity contribution in [3.8, 4) is 0 Å². The minimum absolute atomic E-state index is 0.257. The van der Waals surface area contributed by atoms with Crippen LogP contribution < -0.4 is 15.5 Å². The molecule has 2 atom stereocenters. The van der Waals surface area contributed by atoms with Gasteiger partial charge in [-0.1, -0.05) is 6.07 Å². The Bertz CT molecular complexity index is 631. The predicted octanol–water partition coefficient (Wildman–Crippen LogP) is 3.57. The van der Waals surface area contributed by atoms with Gasteiger partial charge in [-0.05, 0) is 50.5 Å². The van der Waals surface area contributed by atoms with E-state index in [4.69, 9.17) is 27.9 Å². The molecule has 6 nitrogen and oxygen atoms in total. The molecule has 0 aliphatic heterocycles. The summed E-state index contributed by atoms with van der Waals surface area (Å²) in [4.78, 5) is 26.8. The largest absolute Gasteiger partial charge is 0.464 e. The molecule has 0 saturated carbocycles. The standard InChI is InChI=1S/C20H31Cl2N3O3S/c1-4-28-20(27)18(8-13-29-3)24-19(26)15(2)23-16-6-5-7-17(14-16)25(11-9-21)12-10-22/h5-7,14-15,18,23H,4,8-13H2,1-3H3,(H,24,26)/t15-,18-/m0/s1. The fraction of sp³-hybridized carbons (Fsp3) is 0.600. The summed E-state index contributed by atoms with van der Waals surface area (Å²) in [6.07, 6.45) is 2.48. The number of rotatable bonds is 14. The summed E-state index contributed by atoms with van der Waals surface area (Å²) in [6, 6.07) is 6.58. The molecule has 0 unspecified atom stereocenters. The van der Waals surface area contributed by atoms with Gasteiger partial charge in [0.25, 0.3) is 0 Å². The molecular weight excluding hydrogens is 433 g/mol. The van der Waals surface area contributed by atoms with Crippen LogP contribution in [0.4, 0.5) is 11.4 Å². The van der Waals surface area contributed by atoms with Crippen LogP contribution in [0.3, 0.4) is 0 Å². The SMILES string of the molecule is CCOC(=O)[C@H](CCSC)NC(=O)[C@H](C)Nc1cccc(N(CCCl)CCCl)c1. The van der Waals surface area contributed by atoms with Gasteiger partial charge in [0.15, 0.2) is 0 Å². The highest BCUT2D eigenvalue weighted by atomic mass is 35.5. The van der Waals surface area contributed by atoms with Crippen molar-refractivity contribution < 1.29 is 14.3 Å². The lowest BCUT2D eigenvalue weighted by Gasteiger charge is -2.24. The fourth-order valence-electron chi connectivity index (χ4n) is 2.71. The van der Waals surface area contributed by atoms with E-state index in [1.165, 1.54) is 0 Å². The van der Waals surface area contributed by atoms with Gasteiger partial charge in [-0.25, -0.2) is 4.79 Å². The molecule has 1 rings (SSSR count). The monoisotopic (exact) mass is 463 g/mol. The average molecular weight is 464 g/mol. The van der Waals surface area contributed by atoms with E-state index in [-0.39, 0.29) is 12.5 Å². The van der Waals surface area contributed by atoms with Gasteiger partial charge < -0.3 is 20.3 Å². The number of halogens is 2. The van der Waals surface area contributed by atoms with Crippen molar-refractivity contribution in [2.45, 2.75) is 32.4 Å². The van der Waals surface area contributed by atoms with Crippen molar-refractivity contribution in [1.82, 2.24) is 5.32 Å². The van der Waals surface area contributed by atoms with Gasteiger partial charge >= 0.3 is 5.97 Å². The number of hydrogen-bond acceptors (Lipinski definition) is 6. The number of carbonyl (C=O) groups excluding carboxylic acids is 2. The lowest BCUT2D eigenvalue weighted by Crippen LogP contribution is -2.47. The molecule has 0 aliphatic rings. The first-order valence-corrected chi connectivity index (χ1v) is 12.1. The van der Waals surface area contributed by atoms with Crippen molar-refractivity contribution in [3.05, 3.63) is 24.3 Å². The first-order valence-electron chi connectivity index (χ1n) is 9.66. The molecule has 1 aromatic rings. The Morgan fingerprint density at radius 2 is 1.93 bits per heavy atom. The molecular formula is C20H31Cl2N3O3S. The Morgan fingerprint density at radius 1 is 1.24 bits per heavy atom. The van der Waals surface area contributed by atoms with Gasteiger partial charge in [0.05, 0.1) is 6.61 Å². The maximum absolute atomic E-state index is 12.6. The molecule has 2 N–H and O–H groups in total. The number of carbonyl (C=O) groups is 2. The second-order valence-electron chi connectivity index (χ2n) is 6.38. The molecule has 1 amide bonds. The van der Waals surface area contributed by atoms with Gasteiger partial charge in [0.2, 0.25) is 5.91 Å². The van der Waals surface area contributed by atoms with E-state index in [1.807, 2.05) is 30.5 Å². The van der Waals surface area contributed by atoms with Crippen molar-refractivity contribution in [2.24, 2.45) is 0 Å². The summed E-state index contributed by atoms with van der Waals surface area (Å²) in [5.74, 6) is 1.09. The van der Waals surface area contributed by atoms with Gasteiger partial charge in [0, 0.05) is 36.2 Å². The van der Waals surface area contributed by atoms with Gasteiger partial charge in [-0.3, -0.25) is 4.79 Å². The van der Waals surface area contributed by atoms with Crippen molar-refractivity contribution >= 4 is 58.2 Å². The van der Waals surface area contributed by atoms with E-state index in [1.54, 1.807) is 25.6 Å². The molecule has 0 radical (unpaired) electrons. The number of alkyl halides is 2. The Morgan fingerprint density at radius 3 is 2.52 bits per heavy atom. The molecule has 29 heavy (non-hydrogen) atoms. The van der Waals surface area contributed by atoms with Crippen LogP contribution in [0.15, 0.2) is 24.3 Å². The van der Waals surface area contributed by atoms with Crippen LogP contribution in [-0.2, 0) is 14.3 Å². The summed E-state index contributed by atoms with van der Waals surface area (Å²) in [5, 5.41) is 5.99. The quantitative estimate of drug-likeness (QED) is 0.324. The minimum atomic E-state index is -0.645. The molecule has 0 fully saturated rings. The predicted molar refractivity (Wildman–Crippen MR) is 125 cm³/mol. The van der Waals surface area contributed by atoms with Crippen LogP contribution in [0.1, 0.15) is 20.3 Å². The number of nitrogens with one attached hydrogen (secondary N) is 2. The molecule has 0 aliphatic carbocycles. The topological polar surface area (TPSA) is 70.7 Å². The van der Waals surface area contributed by atoms with Crippen molar-refractivity contribution in [3.63, 3.8) is 0 Å². The first kappa shape index (κ1) is 25.7. The zero-order valence-corrected chi connectivity index (χ0v) is 19.6. The second kappa shape index (κ2) is 14.6. The average Bonchev–Trinajstić information content (AvgIpc) is 2.71. The van der Waals surface area contributed by atoms with E-state index < -0.39 is 18.1 Å².